The maximum atomic E-state index is 8.87. The van der Waals surface area contributed by atoms with Crippen LogP contribution in [0.2, 0.25) is 0 Å². The van der Waals surface area contributed by atoms with Gasteiger partial charge in [-0.3, -0.25) is 0 Å². The van der Waals surface area contributed by atoms with Crippen LogP contribution in [0.4, 0.5) is 0 Å². The predicted molar refractivity (Wildman–Crippen MR) is 34.0 cm³/mol. The average molecular weight is 134 g/mol. The third-order valence-electron chi connectivity index (χ3n) is 1.42. The van der Waals surface area contributed by atoms with Crippen molar-refractivity contribution in [2.24, 2.45) is 5.92 Å². The third kappa shape index (κ3) is 3.46. The van der Waals surface area contributed by atoms with Gasteiger partial charge in [-0.25, -0.2) is 0 Å². The van der Waals surface area contributed by atoms with Gasteiger partial charge >= 0.3 is 0 Å². The Bertz CT molecular complexity index is 63.3. The first kappa shape index (κ1) is 8.88. The lowest BCUT2D eigenvalue weighted by atomic mass is 10.0. The van der Waals surface area contributed by atoms with Crippen LogP contribution in [-0.4, -0.2) is 34.6 Å². The van der Waals surface area contributed by atoms with Crippen molar-refractivity contribution in [3.8, 4) is 0 Å². The van der Waals surface area contributed by atoms with Gasteiger partial charge in [0.05, 0.1) is 6.10 Å². The zero-order valence-corrected chi connectivity index (χ0v) is 5.62. The van der Waals surface area contributed by atoms with Crippen LogP contribution >= 0.6 is 0 Å². The first-order valence-electron chi connectivity index (χ1n) is 3.12. The van der Waals surface area contributed by atoms with Gasteiger partial charge in [0.25, 0.3) is 0 Å². The average Bonchev–Trinajstić information content (AvgIpc) is 1.82. The molecule has 3 N–H and O–H groups in total. The van der Waals surface area contributed by atoms with Gasteiger partial charge in [0.15, 0.2) is 0 Å². The molecule has 9 heavy (non-hydrogen) atoms. The monoisotopic (exact) mass is 134 g/mol. The molecule has 0 aliphatic heterocycles. The summed E-state index contributed by atoms with van der Waals surface area (Å²) in [4.78, 5) is 0. The molecule has 0 amide bonds. The Morgan fingerprint density at radius 1 is 1.33 bits per heavy atom. The lowest BCUT2D eigenvalue weighted by molar-refractivity contribution is 0.0639. The van der Waals surface area contributed by atoms with Gasteiger partial charge < -0.3 is 15.3 Å². The summed E-state index contributed by atoms with van der Waals surface area (Å²) < 4.78 is 0. The van der Waals surface area contributed by atoms with E-state index in [9.17, 15) is 0 Å². The number of hydrogen-bond donors (Lipinski definition) is 3. The van der Waals surface area contributed by atoms with E-state index in [1.807, 2.05) is 0 Å². The molecule has 0 unspecified atom stereocenters. The summed E-state index contributed by atoms with van der Waals surface area (Å²) in [6.45, 7) is 1.57. The van der Waals surface area contributed by atoms with E-state index in [1.165, 1.54) is 0 Å². The largest absolute Gasteiger partial charge is 0.396 e. The van der Waals surface area contributed by atoms with Gasteiger partial charge in [-0.1, -0.05) is 0 Å². The van der Waals surface area contributed by atoms with Crippen LogP contribution in [0.5, 0.6) is 0 Å². The van der Waals surface area contributed by atoms with Crippen LogP contribution in [0, 0.1) is 5.92 Å². The Kier molecular flexibility index (Phi) is 4.67. The highest BCUT2D eigenvalue weighted by atomic mass is 16.3. The second-order valence-electron chi connectivity index (χ2n) is 2.20. The van der Waals surface area contributed by atoms with E-state index < -0.39 is 6.10 Å². The summed E-state index contributed by atoms with van der Waals surface area (Å²) in [7, 11) is 0. The van der Waals surface area contributed by atoms with Gasteiger partial charge in [0.2, 0.25) is 0 Å². The number of hydrogen-bond acceptors (Lipinski definition) is 3. The first-order chi connectivity index (χ1) is 4.22. The molecule has 3 nitrogen and oxygen atoms in total. The SMILES string of the molecule is C[C@H](O)[C@H](CO)CCO. The molecule has 0 rings (SSSR count). The highest BCUT2D eigenvalue weighted by Gasteiger charge is 2.11. The Hall–Kier alpha value is -0.120. The summed E-state index contributed by atoms with van der Waals surface area (Å²) in [5.41, 5.74) is 0. The van der Waals surface area contributed by atoms with E-state index in [1.54, 1.807) is 6.92 Å². The fraction of sp³-hybridized carbons (Fsp3) is 1.00. The lowest BCUT2D eigenvalue weighted by Crippen LogP contribution is -2.21. The van der Waals surface area contributed by atoms with E-state index in [0.29, 0.717) is 6.42 Å². The number of rotatable bonds is 4. The molecule has 0 saturated heterocycles. The van der Waals surface area contributed by atoms with Gasteiger partial charge in [0, 0.05) is 19.1 Å². The molecule has 0 spiro atoms. The first-order valence-corrected chi connectivity index (χ1v) is 3.12. The van der Waals surface area contributed by atoms with Gasteiger partial charge in [-0.2, -0.15) is 0 Å². The van der Waals surface area contributed by atoms with Crippen molar-refractivity contribution < 1.29 is 15.3 Å². The fourth-order valence-corrected chi connectivity index (χ4v) is 0.651. The quantitative estimate of drug-likeness (QED) is 0.479. The maximum Gasteiger partial charge on any atom is 0.0563 e. The van der Waals surface area contributed by atoms with Crippen LogP contribution in [0.3, 0.4) is 0 Å². The minimum atomic E-state index is -0.526. The van der Waals surface area contributed by atoms with Crippen LogP contribution in [0.15, 0.2) is 0 Å². The number of aliphatic hydroxyl groups is 3. The summed E-state index contributed by atoms with van der Waals surface area (Å²) >= 11 is 0. The van der Waals surface area contributed by atoms with Crippen LogP contribution in [0.25, 0.3) is 0 Å². The van der Waals surface area contributed by atoms with E-state index >= 15 is 0 Å². The zero-order chi connectivity index (χ0) is 7.28. The van der Waals surface area contributed by atoms with Gasteiger partial charge in [-0.15, -0.1) is 0 Å². The normalized spacial score (nSPS) is 17.3. The summed E-state index contributed by atoms with van der Waals surface area (Å²) in [5, 5.41) is 25.8. The molecule has 0 aromatic heterocycles. The molecule has 56 valence electrons. The van der Waals surface area contributed by atoms with E-state index in [2.05, 4.69) is 0 Å². The summed E-state index contributed by atoms with van der Waals surface area (Å²) in [6.07, 6.45) is -0.0594. The highest BCUT2D eigenvalue weighted by molar-refractivity contribution is 4.61. The molecule has 2 atom stereocenters. The fourth-order valence-electron chi connectivity index (χ4n) is 0.651. The van der Waals surface area contributed by atoms with Crippen LogP contribution in [0.1, 0.15) is 13.3 Å². The molecule has 0 fully saturated rings. The topological polar surface area (TPSA) is 60.7 Å². The standard InChI is InChI=1S/C6H14O3/c1-5(9)6(4-8)2-3-7/h5-9H,2-4H2,1H3/t5-,6-/m0/s1. The molecular formula is C6H14O3. The van der Waals surface area contributed by atoms with Crippen molar-refractivity contribution >= 4 is 0 Å². The van der Waals surface area contributed by atoms with Crippen molar-refractivity contribution in [2.75, 3.05) is 13.2 Å². The summed E-state index contributed by atoms with van der Waals surface area (Å²) in [5.74, 6) is -0.171. The van der Waals surface area contributed by atoms with Crippen molar-refractivity contribution in [3.63, 3.8) is 0 Å². The molecule has 0 aliphatic rings. The van der Waals surface area contributed by atoms with E-state index in [-0.39, 0.29) is 19.1 Å². The van der Waals surface area contributed by atoms with Crippen LogP contribution in [-0.2, 0) is 0 Å². The van der Waals surface area contributed by atoms with Crippen molar-refractivity contribution in [1.82, 2.24) is 0 Å². The minimum Gasteiger partial charge on any atom is -0.396 e. The maximum absolute atomic E-state index is 8.87. The molecule has 0 aliphatic carbocycles. The molecular weight excluding hydrogens is 120 g/mol. The van der Waals surface area contributed by atoms with Crippen molar-refractivity contribution in [2.45, 2.75) is 19.4 Å². The molecule has 3 heteroatoms. The van der Waals surface area contributed by atoms with E-state index in [0.717, 1.165) is 0 Å². The Labute approximate surface area is 54.9 Å². The Balaban J connectivity index is 3.41. The third-order valence-corrected chi connectivity index (χ3v) is 1.42. The van der Waals surface area contributed by atoms with Crippen LogP contribution < -0.4 is 0 Å². The molecule has 0 heterocycles. The van der Waals surface area contributed by atoms with Gasteiger partial charge in [0.1, 0.15) is 0 Å². The van der Waals surface area contributed by atoms with Crippen molar-refractivity contribution in [1.29, 1.82) is 0 Å². The predicted octanol–water partition coefficient (Wildman–Crippen LogP) is -0.642. The van der Waals surface area contributed by atoms with Crippen molar-refractivity contribution in [3.05, 3.63) is 0 Å². The Morgan fingerprint density at radius 3 is 2.00 bits per heavy atom. The number of aliphatic hydroxyl groups excluding tert-OH is 3. The molecule has 0 aromatic carbocycles. The molecule has 0 bridgehead atoms. The molecule has 0 radical (unpaired) electrons. The van der Waals surface area contributed by atoms with E-state index in [4.69, 9.17) is 15.3 Å². The highest BCUT2D eigenvalue weighted by Crippen LogP contribution is 2.05. The summed E-state index contributed by atoms with van der Waals surface area (Å²) in [6, 6.07) is 0. The van der Waals surface area contributed by atoms with Gasteiger partial charge in [-0.05, 0) is 13.3 Å². The smallest absolute Gasteiger partial charge is 0.0563 e. The minimum absolute atomic E-state index is 0.0239. The zero-order valence-electron chi connectivity index (χ0n) is 5.62. The Morgan fingerprint density at radius 2 is 1.89 bits per heavy atom. The second-order valence-corrected chi connectivity index (χ2v) is 2.20. The lowest BCUT2D eigenvalue weighted by Gasteiger charge is -2.14. The molecule has 0 aromatic rings. The molecule has 0 saturated carbocycles. The second kappa shape index (κ2) is 4.73.